The minimum absolute atomic E-state index is 0.221. The summed E-state index contributed by atoms with van der Waals surface area (Å²) in [5.74, 6) is -0.134. The van der Waals surface area contributed by atoms with Crippen molar-refractivity contribution < 1.29 is 19.1 Å². The van der Waals surface area contributed by atoms with Crippen molar-refractivity contribution in [3.8, 4) is 0 Å². The Labute approximate surface area is 145 Å². The van der Waals surface area contributed by atoms with Gasteiger partial charge in [0.05, 0.1) is 6.61 Å². The fourth-order valence-corrected chi connectivity index (χ4v) is 4.09. The molecule has 136 valence electrons. The lowest BCUT2D eigenvalue weighted by Gasteiger charge is -2.29. The molecule has 0 aromatic heterocycles. The molecular weight excluding hydrogens is 306 g/mol. The lowest BCUT2D eigenvalue weighted by Crippen LogP contribution is -2.45. The van der Waals surface area contributed by atoms with Crippen molar-refractivity contribution in [2.24, 2.45) is 17.3 Å². The van der Waals surface area contributed by atoms with Crippen molar-refractivity contribution >= 4 is 17.8 Å². The van der Waals surface area contributed by atoms with Crippen LogP contribution in [0.3, 0.4) is 0 Å². The Morgan fingerprint density at radius 3 is 2.46 bits per heavy atom. The zero-order chi connectivity index (χ0) is 17.9. The normalized spacial score (nSPS) is 25.6. The molecule has 24 heavy (non-hydrogen) atoms. The maximum atomic E-state index is 12.8. The van der Waals surface area contributed by atoms with Gasteiger partial charge in [0.2, 0.25) is 11.8 Å². The van der Waals surface area contributed by atoms with Crippen LogP contribution in [-0.2, 0) is 19.1 Å². The van der Waals surface area contributed by atoms with Crippen LogP contribution in [0, 0.1) is 17.3 Å². The number of likely N-dealkylation sites (tertiary alicyclic amines) is 1. The lowest BCUT2D eigenvalue weighted by atomic mass is 9.79. The molecule has 1 aliphatic heterocycles. The van der Waals surface area contributed by atoms with Crippen LogP contribution < -0.4 is 0 Å². The summed E-state index contributed by atoms with van der Waals surface area (Å²) in [5.41, 5.74) is -0.693. The standard InChI is InChI=1S/C19H31NO4/c1-5-24-17(22)15-12-19(3,4)18(23)20(15)16(21)11-13(2)14-9-7-6-8-10-14/h13-15H,5-12H2,1-4H3/t13-,15-/m0/s1. The Hall–Kier alpha value is -1.39. The number of carbonyl (C=O) groups is 3. The van der Waals surface area contributed by atoms with Crippen LogP contribution in [0.15, 0.2) is 0 Å². The molecule has 1 aliphatic carbocycles. The highest BCUT2D eigenvalue weighted by Crippen LogP contribution is 2.38. The average molecular weight is 337 g/mol. The quantitative estimate of drug-likeness (QED) is 0.722. The maximum absolute atomic E-state index is 12.8. The second-order valence-electron chi connectivity index (χ2n) is 8.00. The first-order valence-electron chi connectivity index (χ1n) is 9.31. The van der Waals surface area contributed by atoms with Crippen LogP contribution >= 0.6 is 0 Å². The first-order valence-corrected chi connectivity index (χ1v) is 9.31. The molecule has 0 aromatic carbocycles. The van der Waals surface area contributed by atoms with Crippen LogP contribution in [0.4, 0.5) is 0 Å². The molecule has 2 amide bonds. The summed E-state index contributed by atoms with van der Waals surface area (Å²) in [6, 6.07) is -0.765. The number of ether oxygens (including phenoxy) is 1. The van der Waals surface area contributed by atoms with E-state index in [1.54, 1.807) is 20.8 Å². The fourth-order valence-electron chi connectivity index (χ4n) is 4.09. The summed E-state index contributed by atoms with van der Waals surface area (Å²) in [6.45, 7) is 7.67. The SMILES string of the molecule is CCOC(=O)[C@@H]1CC(C)(C)C(=O)N1C(=O)C[C@H](C)C1CCCCC1. The van der Waals surface area contributed by atoms with Crippen LogP contribution in [-0.4, -0.2) is 35.3 Å². The van der Waals surface area contributed by atoms with Gasteiger partial charge in [-0.3, -0.25) is 14.5 Å². The number of esters is 1. The summed E-state index contributed by atoms with van der Waals surface area (Å²) >= 11 is 0. The Morgan fingerprint density at radius 1 is 1.25 bits per heavy atom. The third-order valence-electron chi connectivity index (χ3n) is 5.59. The van der Waals surface area contributed by atoms with Crippen molar-refractivity contribution in [1.29, 1.82) is 0 Å². The summed E-state index contributed by atoms with van der Waals surface area (Å²) < 4.78 is 5.08. The summed E-state index contributed by atoms with van der Waals surface area (Å²) in [4.78, 5) is 38.9. The number of amides is 2. The van der Waals surface area contributed by atoms with Crippen LogP contribution in [0.2, 0.25) is 0 Å². The lowest BCUT2D eigenvalue weighted by molar-refractivity contribution is -0.158. The second kappa shape index (κ2) is 7.66. The molecule has 1 heterocycles. The van der Waals surface area contributed by atoms with Gasteiger partial charge in [-0.15, -0.1) is 0 Å². The van der Waals surface area contributed by atoms with Gasteiger partial charge in [0.1, 0.15) is 6.04 Å². The van der Waals surface area contributed by atoms with Crippen LogP contribution in [0.25, 0.3) is 0 Å². The molecule has 2 aliphatic rings. The van der Waals surface area contributed by atoms with Gasteiger partial charge in [0.15, 0.2) is 0 Å². The average Bonchev–Trinajstić information content (AvgIpc) is 2.79. The molecule has 0 aromatic rings. The van der Waals surface area contributed by atoms with Gasteiger partial charge in [-0.2, -0.15) is 0 Å². The van der Waals surface area contributed by atoms with Gasteiger partial charge in [-0.1, -0.05) is 52.9 Å². The zero-order valence-corrected chi connectivity index (χ0v) is 15.5. The molecule has 5 nitrogen and oxygen atoms in total. The first-order chi connectivity index (χ1) is 11.3. The Bertz CT molecular complexity index is 494. The number of hydrogen-bond acceptors (Lipinski definition) is 4. The van der Waals surface area contributed by atoms with E-state index in [0.29, 0.717) is 18.8 Å². The number of rotatable bonds is 5. The Kier molecular flexibility index (Phi) is 6.05. The van der Waals surface area contributed by atoms with Gasteiger partial charge in [-0.25, -0.2) is 4.79 Å². The number of nitrogens with zero attached hydrogens (tertiary/aromatic N) is 1. The van der Waals surface area contributed by atoms with Crippen LogP contribution in [0.1, 0.15) is 72.6 Å². The van der Waals surface area contributed by atoms with Gasteiger partial charge in [0, 0.05) is 11.8 Å². The molecular formula is C19H31NO4. The summed E-state index contributed by atoms with van der Waals surface area (Å²) in [5, 5.41) is 0. The van der Waals surface area contributed by atoms with Crippen molar-refractivity contribution in [2.75, 3.05) is 6.61 Å². The number of hydrogen-bond donors (Lipinski definition) is 0. The maximum Gasteiger partial charge on any atom is 0.329 e. The van der Waals surface area contributed by atoms with Gasteiger partial charge in [0.25, 0.3) is 0 Å². The number of carbonyl (C=O) groups excluding carboxylic acids is 3. The largest absolute Gasteiger partial charge is 0.464 e. The van der Waals surface area contributed by atoms with Gasteiger partial charge >= 0.3 is 5.97 Å². The van der Waals surface area contributed by atoms with Crippen molar-refractivity contribution in [3.63, 3.8) is 0 Å². The van der Waals surface area contributed by atoms with E-state index in [4.69, 9.17) is 4.74 Å². The van der Waals surface area contributed by atoms with E-state index in [1.807, 2.05) is 0 Å². The minimum atomic E-state index is -0.765. The highest BCUT2D eigenvalue weighted by atomic mass is 16.5. The summed E-state index contributed by atoms with van der Waals surface area (Å²) in [6.07, 6.45) is 6.73. The molecule has 0 radical (unpaired) electrons. The predicted octanol–water partition coefficient (Wildman–Crippen LogP) is 3.31. The smallest absolute Gasteiger partial charge is 0.329 e. The van der Waals surface area contributed by atoms with E-state index in [2.05, 4.69) is 6.92 Å². The molecule has 0 unspecified atom stereocenters. The Balaban J connectivity index is 2.08. The van der Waals surface area contributed by atoms with Crippen LogP contribution in [0.5, 0.6) is 0 Å². The molecule has 1 saturated heterocycles. The van der Waals surface area contributed by atoms with E-state index in [0.717, 1.165) is 12.8 Å². The van der Waals surface area contributed by atoms with E-state index in [9.17, 15) is 14.4 Å². The van der Waals surface area contributed by atoms with Crippen molar-refractivity contribution in [3.05, 3.63) is 0 Å². The van der Waals surface area contributed by atoms with E-state index in [-0.39, 0.29) is 24.3 Å². The van der Waals surface area contributed by atoms with E-state index >= 15 is 0 Å². The molecule has 5 heteroatoms. The van der Waals surface area contributed by atoms with Gasteiger partial charge < -0.3 is 4.74 Å². The van der Waals surface area contributed by atoms with Crippen molar-refractivity contribution in [2.45, 2.75) is 78.7 Å². The Morgan fingerprint density at radius 2 is 1.88 bits per heavy atom. The zero-order valence-electron chi connectivity index (χ0n) is 15.5. The highest BCUT2D eigenvalue weighted by Gasteiger charge is 2.51. The monoisotopic (exact) mass is 337 g/mol. The van der Waals surface area contributed by atoms with Crippen molar-refractivity contribution in [1.82, 2.24) is 4.90 Å². The minimum Gasteiger partial charge on any atom is -0.464 e. The molecule has 2 rings (SSSR count). The summed E-state index contributed by atoms with van der Waals surface area (Å²) in [7, 11) is 0. The van der Waals surface area contributed by atoms with E-state index < -0.39 is 17.4 Å². The first kappa shape index (κ1) is 18.9. The predicted molar refractivity (Wildman–Crippen MR) is 91.0 cm³/mol. The van der Waals surface area contributed by atoms with Gasteiger partial charge in [-0.05, 0) is 25.2 Å². The topological polar surface area (TPSA) is 63.7 Å². The molecule has 0 N–H and O–H groups in total. The molecule has 0 bridgehead atoms. The second-order valence-corrected chi connectivity index (χ2v) is 8.00. The molecule has 2 atom stereocenters. The fraction of sp³-hybridized carbons (Fsp3) is 0.842. The highest BCUT2D eigenvalue weighted by molar-refractivity contribution is 6.04. The molecule has 2 fully saturated rings. The third-order valence-corrected chi connectivity index (χ3v) is 5.59. The molecule has 0 spiro atoms. The number of imide groups is 1. The van der Waals surface area contributed by atoms with E-state index in [1.165, 1.54) is 24.2 Å². The molecule has 1 saturated carbocycles. The third kappa shape index (κ3) is 3.98.